The summed E-state index contributed by atoms with van der Waals surface area (Å²) in [6.07, 6.45) is 0.994. The Balaban J connectivity index is 0.000000198. The number of imidazole rings is 1. The van der Waals surface area contributed by atoms with Crippen LogP contribution in [-0.4, -0.2) is 33.1 Å². The minimum absolute atomic E-state index is 0.137. The number of hydrogen-bond acceptors (Lipinski definition) is 7. The standard InChI is InChI=1S/C8H8N4O2S.C6H5NO2/c1-14-8(13)12-7-10-5-2-4(15)3-9-6(5)11-7;8-7(9)6-4-2-1-3-5-6/h2-3,15H,1H3,(H2,9,10,11,12,13);1-5H. The van der Waals surface area contributed by atoms with Crippen molar-refractivity contribution < 1.29 is 14.5 Å². The first-order valence-corrected chi connectivity index (χ1v) is 7.03. The zero-order valence-corrected chi connectivity index (χ0v) is 13.4. The number of nitrogens with one attached hydrogen (secondary N) is 2. The third-order valence-electron chi connectivity index (χ3n) is 2.70. The molecule has 0 saturated heterocycles. The highest BCUT2D eigenvalue weighted by Gasteiger charge is 2.07. The molecule has 0 saturated carbocycles. The third-order valence-corrected chi connectivity index (χ3v) is 2.94. The minimum atomic E-state index is -0.583. The van der Waals surface area contributed by atoms with E-state index in [2.05, 4.69) is 37.6 Å². The van der Waals surface area contributed by atoms with Gasteiger partial charge in [0.1, 0.15) is 0 Å². The number of pyridine rings is 1. The van der Waals surface area contributed by atoms with Gasteiger partial charge in [-0.05, 0) is 6.07 Å². The Morgan fingerprint density at radius 2 is 2.08 bits per heavy atom. The van der Waals surface area contributed by atoms with Crippen LogP contribution in [0.4, 0.5) is 16.4 Å². The highest BCUT2D eigenvalue weighted by Crippen LogP contribution is 2.15. The van der Waals surface area contributed by atoms with Gasteiger partial charge in [-0.1, -0.05) is 18.2 Å². The molecule has 0 atom stereocenters. The first-order chi connectivity index (χ1) is 11.5. The molecule has 3 rings (SSSR count). The van der Waals surface area contributed by atoms with Crippen molar-refractivity contribution in [1.29, 1.82) is 0 Å². The smallest absolute Gasteiger partial charge is 0.413 e. The van der Waals surface area contributed by atoms with Gasteiger partial charge >= 0.3 is 6.09 Å². The molecule has 0 fully saturated rings. The summed E-state index contributed by atoms with van der Waals surface area (Å²) >= 11 is 4.14. The number of rotatable bonds is 2. The second-order valence-corrected chi connectivity index (χ2v) is 4.88. The van der Waals surface area contributed by atoms with Crippen molar-refractivity contribution in [1.82, 2.24) is 15.0 Å². The number of amides is 1. The van der Waals surface area contributed by atoms with Crippen LogP contribution in [0.15, 0.2) is 47.5 Å². The van der Waals surface area contributed by atoms with Crippen LogP contribution in [0.5, 0.6) is 0 Å². The fraction of sp³-hybridized carbons (Fsp3) is 0.0714. The van der Waals surface area contributed by atoms with E-state index in [4.69, 9.17) is 0 Å². The zero-order valence-electron chi connectivity index (χ0n) is 12.5. The predicted molar refractivity (Wildman–Crippen MR) is 90.3 cm³/mol. The molecule has 2 aromatic heterocycles. The summed E-state index contributed by atoms with van der Waals surface area (Å²) in [6.45, 7) is 0. The van der Waals surface area contributed by atoms with E-state index in [-0.39, 0.29) is 5.69 Å². The van der Waals surface area contributed by atoms with E-state index in [1.807, 2.05) is 0 Å². The molecule has 0 bridgehead atoms. The molecular formula is C14H13N5O4S. The fourth-order valence-corrected chi connectivity index (χ4v) is 1.83. The van der Waals surface area contributed by atoms with Gasteiger partial charge in [-0.3, -0.25) is 15.4 Å². The highest BCUT2D eigenvalue weighted by atomic mass is 32.1. The van der Waals surface area contributed by atoms with E-state index < -0.39 is 11.0 Å². The molecule has 9 nitrogen and oxygen atoms in total. The molecule has 3 aromatic rings. The Morgan fingerprint density at radius 3 is 2.67 bits per heavy atom. The lowest BCUT2D eigenvalue weighted by Gasteiger charge is -1.96. The molecule has 1 amide bonds. The van der Waals surface area contributed by atoms with Gasteiger partial charge in [-0.15, -0.1) is 12.6 Å². The van der Waals surface area contributed by atoms with Crippen LogP contribution in [-0.2, 0) is 4.74 Å². The zero-order chi connectivity index (χ0) is 17.5. The molecule has 2 N–H and O–H groups in total. The number of methoxy groups -OCH3 is 1. The van der Waals surface area contributed by atoms with Crippen LogP contribution in [0.2, 0.25) is 0 Å². The largest absolute Gasteiger partial charge is 0.453 e. The van der Waals surface area contributed by atoms with E-state index >= 15 is 0 Å². The van der Waals surface area contributed by atoms with Gasteiger partial charge in [0, 0.05) is 23.2 Å². The number of H-pyrrole nitrogens is 1. The number of anilines is 1. The van der Waals surface area contributed by atoms with E-state index in [1.54, 1.807) is 30.5 Å². The summed E-state index contributed by atoms with van der Waals surface area (Å²) in [6, 6.07) is 9.70. The molecule has 2 heterocycles. The number of para-hydroxylation sites is 1. The highest BCUT2D eigenvalue weighted by molar-refractivity contribution is 7.80. The Hall–Kier alpha value is -3.14. The maximum Gasteiger partial charge on any atom is 0.413 e. The number of aromatic amines is 1. The SMILES string of the molecule is COC(=O)Nc1nc2ncc(S)cc2[nH]1.O=[N+]([O-])c1ccccc1. The number of hydrogen-bond donors (Lipinski definition) is 3. The van der Waals surface area contributed by atoms with Gasteiger partial charge < -0.3 is 9.72 Å². The Morgan fingerprint density at radius 1 is 1.38 bits per heavy atom. The van der Waals surface area contributed by atoms with Crippen LogP contribution in [0.25, 0.3) is 11.2 Å². The van der Waals surface area contributed by atoms with E-state index in [1.165, 1.54) is 19.2 Å². The van der Waals surface area contributed by atoms with Gasteiger partial charge in [-0.25, -0.2) is 9.78 Å². The lowest BCUT2D eigenvalue weighted by molar-refractivity contribution is -0.384. The van der Waals surface area contributed by atoms with E-state index in [9.17, 15) is 14.9 Å². The number of nitro benzene ring substituents is 1. The van der Waals surface area contributed by atoms with Crippen molar-refractivity contribution in [2.24, 2.45) is 0 Å². The molecule has 24 heavy (non-hydrogen) atoms. The summed E-state index contributed by atoms with van der Waals surface area (Å²) in [7, 11) is 1.28. The van der Waals surface area contributed by atoms with Gasteiger partial charge in [0.25, 0.3) is 5.69 Å². The number of fused-ring (bicyclic) bond motifs is 1. The number of benzene rings is 1. The summed E-state index contributed by atoms with van der Waals surface area (Å²) in [5.74, 6) is 0.295. The van der Waals surface area contributed by atoms with Crippen molar-refractivity contribution in [2.45, 2.75) is 4.90 Å². The third kappa shape index (κ3) is 4.68. The Labute approximate surface area is 141 Å². The molecular weight excluding hydrogens is 334 g/mol. The van der Waals surface area contributed by atoms with Crippen molar-refractivity contribution in [3.63, 3.8) is 0 Å². The van der Waals surface area contributed by atoms with Gasteiger partial charge in [0.15, 0.2) is 5.65 Å². The number of carbonyl (C=O) groups excluding carboxylic acids is 1. The second kappa shape index (κ2) is 7.92. The molecule has 0 radical (unpaired) electrons. The van der Waals surface area contributed by atoms with Crippen LogP contribution >= 0.6 is 12.6 Å². The molecule has 0 aliphatic rings. The normalized spacial score (nSPS) is 9.75. The van der Waals surface area contributed by atoms with Crippen molar-refractivity contribution in [3.8, 4) is 0 Å². The van der Waals surface area contributed by atoms with Gasteiger partial charge in [0.05, 0.1) is 17.5 Å². The first kappa shape index (κ1) is 17.2. The van der Waals surface area contributed by atoms with Crippen molar-refractivity contribution in [2.75, 3.05) is 12.4 Å². The maximum absolute atomic E-state index is 10.9. The quantitative estimate of drug-likeness (QED) is 0.372. The van der Waals surface area contributed by atoms with Crippen molar-refractivity contribution >= 4 is 41.5 Å². The maximum atomic E-state index is 10.9. The average Bonchev–Trinajstić information content (AvgIpc) is 2.97. The Kier molecular flexibility index (Phi) is 5.68. The number of carbonyl (C=O) groups is 1. The van der Waals surface area contributed by atoms with Crippen molar-refractivity contribution in [3.05, 3.63) is 52.7 Å². The van der Waals surface area contributed by atoms with Crippen LogP contribution in [0.3, 0.4) is 0 Å². The topological polar surface area (TPSA) is 123 Å². The molecule has 124 valence electrons. The number of nitro groups is 1. The minimum Gasteiger partial charge on any atom is -0.453 e. The summed E-state index contributed by atoms with van der Waals surface area (Å²) < 4.78 is 4.43. The van der Waals surface area contributed by atoms with Crippen LogP contribution in [0, 0.1) is 10.1 Å². The summed E-state index contributed by atoms with van der Waals surface area (Å²) in [4.78, 5) is 32.1. The van der Waals surface area contributed by atoms with E-state index in [0.717, 1.165) is 4.90 Å². The second-order valence-electron chi connectivity index (χ2n) is 4.36. The first-order valence-electron chi connectivity index (χ1n) is 6.58. The Bertz CT molecular complexity index is 853. The van der Waals surface area contributed by atoms with Gasteiger partial charge in [-0.2, -0.15) is 4.98 Å². The lowest BCUT2D eigenvalue weighted by Crippen LogP contribution is -2.11. The van der Waals surface area contributed by atoms with Crippen LogP contribution in [0.1, 0.15) is 0 Å². The summed E-state index contributed by atoms with van der Waals surface area (Å²) in [5.41, 5.74) is 1.35. The number of ether oxygens (including phenoxy) is 1. The average molecular weight is 347 g/mol. The molecule has 0 aliphatic heterocycles. The molecule has 10 heteroatoms. The van der Waals surface area contributed by atoms with E-state index in [0.29, 0.717) is 17.1 Å². The van der Waals surface area contributed by atoms with Gasteiger partial charge in [0.2, 0.25) is 5.95 Å². The fourth-order valence-electron chi connectivity index (χ4n) is 1.65. The molecule has 1 aromatic carbocycles. The summed E-state index contributed by atoms with van der Waals surface area (Å²) in [5, 5.41) is 12.4. The lowest BCUT2D eigenvalue weighted by atomic mass is 10.3. The molecule has 0 aliphatic carbocycles. The monoisotopic (exact) mass is 347 g/mol. The van der Waals surface area contributed by atoms with Crippen LogP contribution < -0.4 is 5.32 Å². The number of aromatic nitrogens is 3. The number of thiol groups is 1. The molecule has 0 unspecified atom stereocenters. The number of non-ortho nitro benzene ring substituents is 1. The number of nitrogens with zero attached hydrogens (tertiary/aromatic N) is 3. The predicted octanol–water partition coefficient (Wildman–Crippen LogP) is 3.02. The molecule has 0 spiro atoms.